The zero-order valence-electron chi connectivity index (χ0n) is 12.8. The van der Waals surface area contributed by atoms with E-state index in [1.54, 1.807) is 6.92 Å². The predicted octanol–water partition coefficient (Wildman–Crippen LogP) is 1.33. The van der Waals surface area contributed by atoms with E-state index in [1.807, 2.05) is 6.92 Å². The van der Waals surface area contributed by atoms with Crippen LogP contribution in [0.3, 0.4) is 0 Å². The molecule has 0 atom stereocenters. The molecule has 0 saturated carbocycles. The summed E-state index contributed by atoms with van der Waals surface area (Å²) in [6, 6.07) is 0. The predicted molar refractivity (Wildman–Crippen MR) is 80.1 cm³/mol. The van der Waals surface area contributed by atoms with Gasteiger partial charge >= 0.3 is 0 Å². The number of Topliss-reactive ketones (excluding diaryl/α,β-unsaturated/α-hetero) is 2. The number of hydrogen-bond acceptors (Lipinski definition) is 6. The smallest absolute Gasteiger partial charge is 0.144 e. The third-order valence-electron chi connectivity index (χ3n) is 1.04. The number of carbonyl (C=O) groups excluding carboxylic acids is 4. The quantitative estimate of drug-likeness (QED) is 0.189. The van der Waals surface area contributed by atoms with Crippen LogP contribution in [0.15, 0.2) is 0 Å². The second-order valence-corrected chi connectivity index (χ2v) is 2.71. The van der Waals surface area contributed by atoms with Crippen molar-refractivity contribution in [3.63, 3.8) is 0 Å². The van der Waals surface area contributed by atoms with Gasteiger partial charge in [0.15, 0.2) is 0 Å². The summed E-state index contributed by atoms with van der Waals surface area (Å²) >= 11 is 0. The average Bonchev–Trinajstić information content (AvgIpc) is 2.20. The van der Waals surface area contributed by atoms with Gasteiger partial charge in [-0.05, 0) is 13.8 Å². The van der Waals surface area contributed by atoms with E-state index in [4.69, 9.17) is 5.84 Å². The fraction of sp³-hybridized carbons (Fsp3) is 0.538. The van der Waals surface area contributed by atoms with Crippen molar-refractivity contribution < 1.29 is 58.8 Å². The number of nitrogens with one attached hydrogen (secondary N) is 1. The fourth-order valence-electron chi connectivity index (χ4n) is 0.183. The Bertz CT molecular complexity index is 212. The maximum atomic E-state index is 9.90. The molecule has 1 radical (unpaired) electrons. The first-order valence-electron chi connectivity index (χ1n) is 4.75. The van der Waals surface area contributed by atoms with Crippen LogP contribution >= 0.6 is 0 Å². The van der Waals surface area contributed by atoms with E-state index >= 15 is 0 Å². The van der Waals surface area contributed by atoms with Gasteiger partial charge in [-0.15, -0.1) is 0 Å². The molecule has 6 nitrogen and oxygen atoms in total. The van der Waals surface area contributed by atoms with Gasteiger partial charge in [-0.25, -0.2) is 0 Å². The van der Waals surface area contributed by atoms with E-state index in [9.17, 15) is 19.2 Å². The molecule has 0 aromatic rings. The topological polar surface area (TPSA) is 106 Å². The Labute approximate surface area is 156 Å². The van der Waals surface area contributed by atoms with Crippen LogP contribution in [0.1, 0.15) is 41.0 Å². The molecular formula is C13H30N2O4VW-2. The monoisotopic (exact) mass is 513 g/mol. The average molecular weight is 513 g/mol. The SMILES string of the molecule is C.CC(=O)CNN.CCC(C)=O.O=CCC=O.[CH3-].[CH3-].[V].[W]. The molecule has 0 aliphatic heterocycles. The summed E-state index contributed by atoms with van der Waals surface area (Å²) < 4.78 is 0. The molecule has 21 heavy (non-hydrogen) atoms. The summed E-state index contributed by atoms with van der Waals surface area (Å²) in [5.74, 6) is 5.07. The largest absolute Gasteiger partial charge is 0.358 e. The number of carbonyl (C=O) groups is 4. The summed E-state index contributed by atoms with van der Waals surface area (Å²) in [6.45, 7) is 5.17. The first-order valence-corrected chi connectivity index (χ1v) is 4.75. The minimum Gasteiger partial charge on any atom is -0.358 e. The summed E-state index contributed by atoms with van der Waals surface area (Å²) in [6.07, 6.45) is 1.82. The van der Waals surface area contributed by atoms with Crippen LogP contribution in [0.5, 0.6) is 0 Å². The van der Waals surface area contributed by atoms with Gasteiger partial charge < -0.3 is 29.2 Å². The second-order valence-electron chi connectivity index (χ2n) is 2.71. The van der Waals surface area contributed by atoms with Crippen molar-refractivity contribution in [2.24, 2.45) is 5.84 Å². The van der Waals surface area contributed by atoms with Crippen molar-refractivity contribution in [1.29, 1.82) is 0 Å². The number of hydrazine groups is 1. The summed E-state index contributed by atoms with van der Waals surface area (Å²) in [7, 11) is 0. The van der Waals surface area contributed by atoms with E-state index < -0.39 is 0 Å². The maximum Gasteiger partial charge on any atom is 0.144 e. The Morgan fingerprint density at radius 2 is 1.33 bits per heavy atom. The van der Waals surface area contributed by atoms with Gasteiger partial charge in [0.1, 0.15) is 24.1 Å². The Morgan fingerprint density at radius 3 is 1.33 bits per heavy atom. The standard InChI is InChI=1S/C4H8O.C3H8N2O.C3H4O2.CH4.2CH3.V.W/c1-3-4(2)5;1-3(6)2-5-4;4-2-1-3-5;;;;;/h3H2,1-2H3;5H,2,4H2,1H3;2-3H,1H2;1H4;2*1H3;;/q;;;;2*-1;;. The van der Waals surface area contributed by atoms with Gasteiger partial charge in [0.2, 0.25) is 0 Å². The molecule has 0 amide bonds. The van der Waals surface area contributed by atoms with Crippen LogP contribution < -0.4 is 11.3 Å². The third-order valence-corrected chi connectivity index (χ3v) is 1.04. The number of rotatable bonds is 5. The van der Waals surface area contributed by atoms with E-state index in [0.717, 1.165) is 0 Å². The molecule has 3 N–H and O–H groups in total. The van der Waals surface area contributed by atoms with Gasteiger partial charge in [0, 0.05) is 46.0 Å². The van der Waals surface area contributed by atoms with Crippen LogP contribution in [-0.4, -0.2) is 30.7 Å². The summed E-state index contributed by atoms with van der Waals surface area (Å²) in [4.78, 5) is 38.1. The van der Waals surface area contributed by atoms with Crippen molar-refractivity contribution >= 4 is 24.1 Å². The second kappa shape index (κ2) is 50.2. The molecule has 0 aliphatic carbocycles. The minimum absolute atomic E-state index is 0. The van der Waals surface area contributed by atoms with Crippen LogP contribution in [-0.2, 0) is 58.8 Å². The van der Waals surface area contributed by atoms with Crippen LogP contribution in [0.4, 0.5) is 0 Å². The molecule has 0 aromatic carbocycles. The molecule has 0 unspecified atom stereocenters. The number of nitrogens with two attached hydrogens (primary N) is 1. The van der Waals surface area contributed by atoms with Crippen molar-refractivity contribution in [1.82, 2.24) is 5.43 Å². The van der Waals surface area contributed by atoms with Gasteiger partial charge in [-0.1, -0.05) is 14.4 Å². The van der Waals surface area contributed by atoms with E-state index in [2.05, 4.69) is 5.43 Å². The van der Waals surface area contributed by atoms with Gasteiger partial charge in [-0.2, -0.15) is 0 Å². The zero-order valence-corrected chi connectivity index (χ0v) is 17.2. The summed E-state index contributed by atoms with van der Waals surface area (Å²) in [5.41, 5.74) is 2.22. The van der Waals surface area contributed by atoms with Gasteiger partial charge in [0.05, 0.1) is 13.0 Å². The Kier molecular flexibility index (Phi) is 119. The minimum atomic E-state index is 0. The molecular weight excluding hydrogens is 483 g/mol. The van der Waals surface area contributed by atoms with Crippen LogP contribution in [0, 0.1) is 14.9 Å². The Hall–Kier alpha value is -0.127. The molecule has 0 aromatic heterocycles. The van der Waals surface area contributed by atoms with Crippen LogP contribution in [0.2, 0.25) is 0 Å². The maximum absolute atomic E-state index is 9.90. The number of aldehydes is 2. The van der Waals surface area contributed by atoms with Crippen molar-refractivity contribution in [2.75, 3.05) is 6.54 Å². The molecule has 0 saturated heterocycles. The summed E-state index contributed by atoms with van der Waals surface area (Å²) in [5, 5.41) is 0. The number of hydrogen-bond donors (Lipinski definition) is 2. The van der Waals surface area contributed by atoms with E-state index in [1.165, 1.54) is 6.92 Å². The van der Waals surface area contributed by atoms with Crippen molar-refractivity contribution in [2.45, 2.75) is 41.0 Å². The zero-order chi connectivity index (χ0) is 13.4. The molecule has 8 heteroatoms. The molecule has 0 aliphatic rings. The number of ketones is 2. The molecule has 0 rings (SSSR count). The molecule has 0 bridgehead atoms. The fourth-order valence-corrected chi connectivity index (χ4v) is 0.183. The Morgan fingerprint density at radius 1 is 1.05 bits per heavy atom. The first-order chi connectivity index (χ1) is 7.45. The van der Waals surface area contributed by atoms with Crippen molar-refractivity contribution in [3.05, 3.63) is 14.9 Å². The molecule has 0 spiro atoms. The third kappa shape index (κ3) is 134. The van der Waals surface area contributed by atoms with Crippen LogP contribution in [0.25, 0.3) is 0 Å². The van der Waals surface area contributed by atoms with Gasteiger partial charge in [0.25, 0.3) is 0 Å². The van der Waals surface area contributed by atoms with Gasteiger partial charge in [-0.3, -0.25) is 16.1 Å². The Balaban J connectivity index is -0.0000000181. The first kappa shape index (κ1) is 49.7. The normalized spacial score (nSPS) is 5.71. The molecule has 129 valence electrons. The molecule has 0 heterocycles. The van der Waals surface area contributed by atoms with Crippen molar-refractivity contribution in [3.8, 4) is 0 Å². The molecule has 0 fully saturated rings. The van der Waals surface area contributed by atoms with E-state index in [0.29, 0.717) is 19.0 Å². The van der Waals surface area contributed by atoms with E-state index in [-0.39, 0.29) is 86.4 Å².